The number of nitrogens with zero attached hydrogens (tertiary/aromatic N) is 1. The molecule has 0 aliphatic rings. The third-order valence-corrected chi connectivity index (χ3v) is 2.93. The second kappa shape index (κ2) is 4.47. The number of hydrogen-bond acceptors (Lipinski definition) is 2. The highest BCUT2D eigenvalue weighted by Gasteiger charge is 2.10. The van der Waals surface area contributed by atoms with E-state index in [1.165, 1.54) is 6.07 Å². The first-order valence-corrected chi connectivity index (χ1v) is 5.73. The van der Waals surface area contributed by atoms with Gasteiger partial charge < -0.3 is 4.98 Å². The molecule has 1 aromatic carbocycles. The van der Waals surface area contributed by atoms with Crippen LogP contribution in [0.5, 0.6) is 0 Å². The zero-order chi connectivity index (χ0) is 11.7. The number of hydrogen-bond donors (Lipinski definition) is 2. The van der Waals surface area contributed by atoms with Gasteiger partial charge in [0.25, 0.3) is 0 Å². The molecule has 2 nitrogen and oxygen atoms in total. The number of thiol groups is 1. The maximum Gasteiger partial charge on any atom is 0.126 e. The molecule has 1 aromatic heterocycles. The predicted octanol–water partition coefficient (Wildman–Crippen LogP) is 3.61. The largest absolute Gasteiger partial charge is 0.341 e. The van der Waals surface area contributed by atoms with Crippen molar-refractivity contribution < 1.29 is 4.39 Å². The van der Waals surface area contributed by atoms with Gasteiger partial charge in [0.15, 0.2) is 0 Å². The first kappa shape index (κ1) is 11.5. The molecule has 0 aliphatic carbocycles. The Kier molecular flexibility index (Phi) is 3.21. The van der Waals surface area contributed by atoms with Gasteiger partial charge in [0, 0.05) is 11.3 Å². The summed E-state index contributed by atoms with van der Waals surface area (Å²) in [5.41, 5.74) is 1.85. The first-order chi connectivity index (χ1) is 7.61. The van der Waals surface area contributed by atoms with Crippen LogP contribution in [0.15, 0.2) is 18.3 Å². The number of rotatable bonds is 2. The summed E-state index contributed by atoms with van der Waals surface area (Å²) in [5, 5.41) is 0.508. The highest BCUT2D eigenvalue weighted by Crippen LogP contribution is 2.29. The molecule has 0 fully saturated rings. The third kappa shape index (κ3) is 2.08. The molecule has 84 valence electrons. The van der Waals surface area contributed by atoms with Gasteiger partial charge >= 0.3 is 0 Å². The Balaban J connectivity index is 2.51. The summed E-state index contributed by atoms with van der Waals surface area (Å²) in [5.74, 6) is 0.961. The van der Waals surface area contributed by atoms with Gasteiger partial charge in [-0.1, -0.05) is 11.6 Å². The lowest BCUT2D eigenvalue weighted by Crippen LogP contribution is -1.87. The first-order valence-electron chi connectivity index (χ1n) is 4.72. The Morgan fingerprint density at radius 1 is 1.50 bits per heavy atom. The van der Waals surface area contributed by atoms with Crippen molar-refractivity contribution in [3.8, 4) is 11.3 Å². The molecule has 0 bridgehead atoms. The van der Waals surface area contributed by atoms with Gasteiger partial charge in [-0.2, -0.15) is 12.6 Å². The lowest BCUT2D eigenvalue weighted by molar-refractivity contribution is 0.619. The van der Waals surface area contributed by atoms with Gasteiger partial charge in [0.05, 0.1) is 16.9 Å². The second-order valence-corrected chi connectivity index (χ2v) is 4.21. The van der Waals surface area contributed by atoms with Crippen molar-refractivity contribution in [1.29, 1.82) is 0 Å². The second-order valence-electron chi connectivity index (χ2n) is 3.48. The maximum atomic E-state index is 13.4. The molecule has 0 aliphatic heterocycles. The van der Waals surface area contributed by atoms with Crippen molar-refractivity contribution >= 4 is 24.2 Å². The molecule has 16 heavy (non-hydrogen) atoms. The monoisotopic (exact) mass is 256 g/mol. The average molecular weight is 257 g/mol. The Labute approximate surface area is 103 Å². The summed E-state index contributed by atoms with van der Waals surface area (Å²) in [6, 6.07) is 3.01. The molecule has 2 rings (SSSR count). The minimum Gasteiger partial charge on any atom is -0.341 e. The van der Waals surface area contributed by atoms with Crippen LogP contribution in [0, 0.1) is 12.7 Å². The standard InChI is InChI=1S/C11H10ClFN2S/c1-6-2-8(12)7(3-9(6)13)10-4-14-11(5-16)15-10/h2-4,16H,5H2,1H3,(H,14,15). The average Bonchev–Trinajstić information content (AvgIpc) is 2.71. The summed E-state index contributed by atoms with van der Waals surface area (Å²) in [4.78, 5) is 7.12. The SMILES string of the molecule is Cc1cc(Cl)c(-c2cnc(CS)[nH]2)cc1F. The van der Waals surface area contributed by atoms with Crippen molar-refractivity contribution in [3.63, 3.8) is 0 Å². The summed E-state index contributed by atoms with van der Waals surface area (Å²) >= 11 is 10.2. The van der Waals surface area contributed by atoms with E-state index < -0.39 is 0 Å². The minimum absolute atomic E-state index is 0.276. The number of nitrogens with one attached hydrogen (secondary N) is 1. The number of aromatic nitrogens is 2. The van der Waals surface area contributed by atoms with Gasteiger partial charge in [-0.05, 0) is 24.6 Å². The van der Waals surface area contributed by atoms with Crippen LogP contribution in [0.4, 0.5) is 4.39 Å². The molecule has 0 unspecified atom stereocenters. The van der Waals surface area contributed by atoms with Crippen LogP contribution >= 0.6 is 24.2 Å². The zero-order valence-electron chi connectivity index (χ0n) is 8.59. The lowest BCUT2D eigenvalue weighted by Gasteiger charge is -2.04. The number of aryl methyl sites for hydroxylation is 1. The zero-order valence-corrected chi connectivity index (χ0v) is 10.2. The Hall–Kier alpha value is -1.00. The van der Waals surface area contributed by atoms with Crippen LogP contribution in [0.2, 0.25) is 5.02 Å². The van der Waals surface area contributed by atoms with Crippen LogP contribution in [0.25, 0.3) is 11.3 Å². The van der Waals surface area contributed by atoms with Crippen molar-refractivity contribution in [3.05, 3.63) is 40.6 Å². The van der Waals surface area contributed by atoms with Gasteiger partial charge in [0.1, 0.15) is 11.6 Å². The number of halogens is 2. The summed E-state index contributed by atoms with van der Waals surface area (Å²) < 4.78 is 13.4. The lowest BCUT2D eigenvalue weighted by atomic mass is 10.1. The minimum atomic E-state index is -0.276. The van der Waals surface area contributed by atoms with E-state index in [9.17, 15) is 4.39 Å². The molecule has 5 heteroatoms. The van der Waals surface area contributed by atoms with E-state index in [1.54, 1.807) is 19.2 Å². The van der Waals surface area contributed by atoms with Crippen LogP contribution < -0.4 is 0 Å². The molecule has 0 atom stereocenters. The van der Waals surface area contributed by atoms with Crippen LogP contribution in [-0.4, -0.2) is 9.97 Å². The Morgan fingerprint density at radius 3 is 2.88 bits per heavy atom. The fourth-order valence-corrected chi connectivity index (χ4v) is 1.91. The van der Waals surface area contributed by atoms with Crippen molar-refractivity contribution in [2.24, 2.45) is 0 Å². The number of H-pyrrole nitrogens is 1. The van der Waals surface area contributed by atoms with Crippen LogP contribution in [-0.2, 0) is 5.75 Å². The summed E-state index contributed by atoms with van der Waals surface area (Å²) in [7, 11) is 0. The van der Waals surface area contributed by atoms with E-state index in [0.29, 0.717) is 27.6 Å². The predicted molar refractivity (Wildman–Crippen MR) is 66.4 cm³/mol. The summed E-state index contributed by atoms with van der Waals surface area (Å²) in [6.07, 6.45) is 1.63. The normalized spacial score (nSPS) is 10.8. The smallest absolute Gasteiger partial charge is 0.126 e. The molecule has 0 saturated carbocycles. The highest BCUT2D eigenvalue weighted by atomic mass is 35.5. The van der Waals surface area contributed by atoms with Crippen LogP contribution in [0.3, 0.4) is 0 Å². The van der Waals surface area contributed by atoms with E-state index in [0.717, 1.165) is 5.82 Å². The van der Waals surface area contributed by atoms with Gasteiger partial charge in [-0.15, -0.1) is 0 Å². The molecule has 1 heterocycles. The molecule has 0 radical (unpaired) electrons. The molecular weight excluding hydrogens is 247 g/mol. The third-order valence-electron chi connectivity index (χ3n) is 2.32. The van der Waals surface area contributed by atoms with Gasteiger partial charge in [0.2, 0.25) is 0 Å². The van der Waals surface area contributed by atoms with E-state index in [1.807, 2.05) is 0 Å². The number of benzene rings is 1. The Morgan fingerprint density at radius 2 is 2.25 bits per heavy atom. The Bertz CT molecular complexity index is 525. The quantitative estimate of drug-likeness (QED) is 0.790. The van der Waals surface area contributed by atoms with Crippen molar-refractivity contribution in [2.45, 2.75) is 12.7 Å². The maximum absolute atomic E-state index is 13.4. The summed E-state index contributed by atoms with van der Waals surface area (Å²) in [6.45, 7) is 1.68. The molecule has 0 amide bonds. The van der Waals surface area contributed by atoms with E-state index in [4.69, 9.17) is 11.6 Å². The molecular formula is C11H10ClFN2S. The molecule has 0 saturated heterocycles. The van der Waals surface area contributed by atoms with E-state index in [-0.39, 0.29) is 5.82 Å². The van der Waals surface area contributed by atoms with Crippen molar-refractivity contribution in [1.82, 2.24) is 9.97 Å². The molecule has 0 spiro atoms. The van der Waals surface area contributed by atoms with Gasteiger partial charge in [-0.3, -0.25) is 0 Å². The van der Waals surface area contributed by atoms with E-state index in [2.05, 4.69) is 22.6 Å². The van der Waals surface area contributed by atoms with E-state index >= 15 is 0 Å². The number of imidazole rings is 1. The topological polar surface area (TPSA) is 28.7 Å². The molecule has 2 aromatic rings. The van der Waals surface area contributed by atoms with Crippen molar-refractivity contribution in [2.75, 3.05) is 0 Å². The van der Waals surface area contributed by atoms with Gasteiger partial charge in [-0.25, -0.2) is 9.37 Å². The highest BCUT2D eigenvalue weighted by molar-refractivity contribution is 7.79. The fraction of sp³-hybridized carbons (Fsp3) is 0.182. The molecule has 1 N–H and O–H groups in total. The van der Waals surface area contributed by atoms with Crippen LogP contribution in [0.1, 0.15) is 11.4 Å². The fourth-order valence-electron chi connectivity index (χ4n) is 1.43. The number of aromatic amines is 1.